The van der Waals surface area contributed by atoms with Crippen molar-refractivity contribution in [2.75, 3.05) is 18.5 Å². The Balaban J connectivity index is 1.50. The Morgan fingerprint density at radius 1 is 1.35 bits per heavy atom. The van der Waals surface area contributed by atoms with Crippen LogP contribution >= 0.6 is 0 Å². The normalized spacial score (nSPS) is 14.2. The van der Waals surface area contributed by atoms with Crippen LogP contribution in [0.2, 0.25) is 0 Å². The van der Waals surface area contributed by atoms with Crippen molar-refractivity contribution in [3.05, 3.63) is 42.7 Å². The second kappa shape index (κ2) is 5.88. The molecule has 0 bridgehead atoms. The van der Waals surface area contributed by atoms with Crippen LogP contribution in [0.4, 0.5) is 5.69 Å². The third-order valence-electron chi connectivity index (χ3n) is 3.20. The van der Waals surface area contributed by atoms with Gasteiger partial charge in [0.05, 0.1) is 12.3 Å². The first-order valence-corrected chi connectivity index (χ1v) is 6.79. The molecule has 1 fully saturated rings. The number of carbonyl (C=O) groups excluding carboxylic acids is 1. The second-order valence-corrected chi connectivity index (χ2v) is 5.00. The maximum atomic E-state index is 11.7. The molecule has 0 aliphatic heterocycles. The number of anilines is 1. The maximum Gasteiger partial charge on any atom is 0.250 e. The van der Waals surface area contributed by atoms with Crippen molar-refractivity contribution in [1.29, 1.82) is 0 Å². The van der Waals surface area contributed by atoms with Crippen molar-refractivity contribution in [3.63, 3.8) is 0 Å². The van der Waals surface area contributed by atoms with E-state index in [1.807, 2.05) is 36.5 Å². The quantitative estimate of drug-likeness (QED) is 0.876. The topological polar surface area (TPSA) is 56.1 Å². The van der Waals surface area contributed by atoms with Gasteiger partial charge in [0, 0.05) is 18.1 Å². The minimum Gasteiger partial charge on any atom is -0.371 e. The van der Waals surface area contributed by atoms with Gasteiger partial charge >= 0.3 is 0 Å². The highest BCUT2D eigenvalue weighted by molar-refractivity contribution is 5.91. The smallest absolute Gasteiger partial charge is 0.250 e. The van der Waals surface area contributed by atoms with E-state index in [1.165, 1.54) is 12.8 Å². The van der Waals surface area contributed by atoms with Crippen LogP contribution in [-0.4, -0.2) is 28.9 Å². The Morgan fingerprint density at radius 3 is 2.80 bits per heavy atom. The van der Waals surface area contributed by atoms with Gasteiger partial charge in [-0.3, -0.25) is 4.79 Å². The molecule has 1 saturated carbocycles. The average molecular weight is 271 g/mol. The van der Waals surface area contributed by atoms with Gasteiger partial charge in [0.15, 0.2) is 0 Å². The molecule has 0 atom stereocenters. The number of nitrogens with zero attached hydrogens (tertiary/aromatic N) is 2. The molecule has 20 heavy (non-hydrogen) atoms. The zero-order valence-corrected chi connectivity index (χ0v) is 11.2. The lowest BCUT2D eigenvalue weighted by Crippen LogP contribution is -2.19. The van der Waals surface area contributed by atoms with Gasteiger partial charge in [-0.2, -0.15) is 5.10 Å². The van der Waals surface area contributed by atoms with E-state index in [0.717, 1.165) is 11.4 Å². The first-order chi connectivity index (χ1) is 9.81. The largest absolute Gasteiger partial charge is 0.371 e. The fraction of sp³-hybridized carbons (Fsp3) is 0.333. The Labute approximate surface area is 117 Å². The van der Waals surface area contributed by atoms with Crippen LogP contribution in [0.25, 0.3) is 5.69 Å². The van der Waals surface area contributed by atoms with Crippen LogP contribution < -0.4 is 5.32 Å². The number of carbonyl (C=O) groups is 1. The van der Waals surface area contributed by atoms with Crippen LogP contribution in [-0.2, 0) is 9.53 Å². The molecule has 1 N–H and O–H groups in total. The van der Waals surface area contributed by atoms with Crippen LogP contribution in [0.15, 0.2) is 42.7 Å². The van der Waals surface area contributed by atoms with Gasteiger partial charge in [-0.05, 0) is 49.1 Å². The van der Waals surface area contributed by atoms with Crippen LogP contribution in [0, 0.1) is 5.92 Å². The molecule has 1 aliphatic rings. The molecule has 5 nitrogen and oxygen atoms in total. The van der Waals surface area contributed by atoms with Crippen molar-refractivity contribution in [2.45, 2.75) is 12.8 Å². The standard InChI is InChI=1S/C15H17N3O2/c19-15(11-20-10-12-2-3-12)17-13-4-6-14(7-5-13)18-9-1-8-16-18/h1,4-9,12H,2-3,10-11H2,(H,17,19). The molecule has 1 aliphatic carbocycles. The van der Waals surface area contributed by atoms with Crippen LogP contribution in [0.3, 0.4) is 0 Å². The molecular formula is C15H17N3O2. The van der Waals surface area contributed by atoms with Gasteiger partial charge in [0.1, 0.15) is 6.61 Å². The molecule has 2 aromatic rings. The van der Waals surface area contributed by atoms with E-state index >= 15 is 0 Å². The minimum absolute atomic E-state index is 0.113. The molecule has 104 valence electrons. The average Bonchev–Trinajstić information content (AvgIpc) is 3.11. The molecule has 1 heterocycles. The summed E-state index contributed by atoms with van der Waals surface area (Å²) in [5, 5.41) is 6.96. The number of benzene rings is 1. The van der Waals surface area contributed by atoms with Crippen LogP contribution in [0.5, 0.6) is 0 Å². The Hall–Kier alpha value is -2.14. The molecule has 1 amide bonds. The predicted molar refractivity (Wildman–Crippen MR) is 75.7 cm³/mol. The highest BCUT2D eigenvalue weighted by Crippen LogP contribution is 2.28. The zero-order chi connectivity index (χ0) is 13.8. The summed E-state index contributed by atoms with van der Waals surface area (Å²) >= 11 is 0. The Morgan fingerprint density at radius 2 is 2.15 bits per heavy atom. The van der Waals surface area contributed by atoms with E-state index in [-0.39, 0.29) is 12.5 Å². The number of hydrogen-bond acceptors (Lipinski definition) is 3. The summed E-state index contributed by atoms with van der Waals surface area (Å²) in [5.41, 5.74) is 1.72. The maximum absolute atomic E-state index is 11.7. The highest BCUT2D eigenvalue weighted by atomic mass is 16.5. The first kappa shape index (κ1) is 12.9. The number of rotatable bonds is 6. The lowest BCUT2D eigenvalue weighted by Gasteiger charge is -2.07. The second-order valence-electron chi connectivity index (χ2n) is 5.00. The van der Waals surface area contributed by atoms with Gasteiger partial charge in [0.2, 0.25) is 5.91 Å². The first-order valence-electron chi connectivity index (χ1n) is 6.79. The van der Waals surface area contributed by atoms with Crippen molar-refractivity contribution in [2.24, 2.45) is 5.92 Å². The fourth-order valence-corrected chi connectivity index (χ4v) is 1.92. The van der Waals surface area contributed by atoms with Gasteiger partial charge < -0.3 is 10.1 Å². The number of amides is 1. The molecule has 1 aromatic heterocycles. The minimum atomic E-state index is -0.113. The summed E-state index contributed by atoms with van der Waals surface area (Å²) in [6.45, 7) is 0.822. The molecule has 0 spiro atoms. The molecule has 5 heteroatoms. The van der Waals surface area contributed by atoms with E-state index in [1.54, 1.807) is 10.9 Å². The molecule has 0 saturated heterocycles. The van der Waals surface area contributed by atoms with E-state index in [0.29, 0.717) is 12.5 Å². The van der Waals surface area contributed by atoms with Gasteiger partial charge in [-0.25, -0.2) is 4.68 Å². The van der Waals surface area contributed by atoms with Crippen LogP contribution in [0.1, 0.15) is 12.8 Å². The molecule has 1 aromatic carbocycles. The SMILES string of the molecule is O=C(COCC1CC1)Nc1ccc(-n2cccn2)cc1. The van der Waals surface area contributed by atoms with Gasteiger partial charge in [-0.15, -0.1) is 0 Å². The molecule has 0 radical (unpaired) electrons. The van der Waals surface area contributed by atoms with E-state index in [9.17, 15) is 4.79 Å². The summed E-state index contributed by atoms with van der Waals surface area (Å²) < 4.78 is 7.12. The lowest BCUT2D eigenvalue weighted by molar-refractivity contribution is -0.120. The third-order valence-corrected chi connectivity index (χ3v) is 3.20. The van der Waals surface area contributed by atoms with Gasteiger partial charge in [0.25, 0.3) is 0 Å². The summed E-state index contributed by atoms with van der Waals surface area (Å²) in [7, 11) is 0. The molecule has 3 rings (SSSR count). The van der Waals surface area contributed by atoms with E-state index in [2.05, 4.69) is 10.4 Å². The Bertz CT molecular complexity index is 559. The third kappa shape index (κ3) is 3.45. The Kier molecular flexibility index (Phi) is 3.78. The summed E-state index contributed by atoms with van der Waals surface area (Å²) in [6.07, 6.45) is 6.07. The number of ether oxygens (including phenoxy) is 1. The summed E-state index contributed by atoms with van der Waals surface area (Å²) in [6, 6.07) is 9.40. The predicted octanol–water partition coefficient (Wildman–Crippen LogP) is 2.24. The van der Waals surface area contributed by atoms with Crippen molar-refractivity contribution in [1.82, 2.24) is 9.78 Å². The van der Waals surface area contributed by atoms with Crippen molar-refractivity contribution < 1.29 is 9.53 Å². The van der Waals surface area contributed by atoms with Crippen molar-refractivity contribution >= 4 is 11.6 Å². The monoisotopic (exact) mass is 271 g/mol. The molecule has 0 unspecified atom stereocenters. The van der Waals surface area contributed by atoms with Gasteiger partial charge in [-0.1, -0.05) is 0 Å². The fourth-order valence-electron chi connectivity index (χ4n) is 1.92. The number of nitrogens with one attached hydrogen (secondary N) is 1. The summed E-state index contributed by atoms with van der Waals surface area (Å²) in [4.78, 5) is 11.7. The lowest BCUT2D eigenvalue weighted by atomic mass is 10.3. The van der Waals surface area contributed by atoms with E-state index in [4.69, 9.17) is 4.74 Å². The highest BCUT2D eigenvalue weighted by Gasteiger charge is 2.21. The summed E-state index contributed by atoms with van der Waals surface area (Å²) in [5.74, 6) is 0.564. The zero-order valence-electron chi connectivity index (χ0n) is 11.2. The van der Waals surface area contributed by atoms with E-state index < -0.39 is 0 Å². The molecular weight excluding hydrogens is 254 g/mol. The number of hydrogen-bond donors (Lipinski definition) is 1. The van der Waals surface area contributed by atoms with Crippen molar-refractivity contribution in [3.8, 4) is 5.69 Å². The number of aromatic nitrogens is 2.